The lowest BCUT2D eigenvalue weighted by Gasteiger charge is -2.41. The Morgan fingerprint density at radius 2 is 2.08 bits per heavy atom. The van der Waals surface area contributed by atoms with Crippen molar-refractivity contribution in [3.8, 4) is 0 Å². The Morgan fingerprint density at radius 3 is 2.77 bits per heavy atom. The largest absolute Gasteiger partial charge is 0.465 e. The van der Waals surface area contributed by atoms with Gasteiger partial charge in [0, 0.05) is 56.6 Å². The summed E-state index contributed by atoms with van der Waals surface area (Å²) in [5, 5.41) is 14.0. The quantitative estimate of drug-likeness (QED) is 0.784. The van der Waals surface area contributed by atoms with Gasteiger partial charge >= 0.3 is 0 Å². The summed E-state index contributed by atoms with van der Waals surface area (Å²) in [6.07, 6.45) is 3.92. The van der Waals surface area contributed by atoms with E-state index in [0.29, 0.717) is 6.04 Å². The van der Waals surface area contributed by atoms with Crippen LogP contribution in [0.25, 0.3) is 0 Å². The van der Waals surface area contributed by atoms with Crippen molar-refractivity contribution in [2.45, 2.75) is 59.3 Å². The van der Waals surface area contributed by atoms with Crippen LogP contribution in [0.1, 0.15) is 42.5 Å². The number of aliphatic hydroxyl groups is 1. The summed E-state index contributed by atoms with van der Waals surface area (Å²) in [5.41, 5.74) is 2.59. The number of aliphatic hydroxyl groups excluding tert-OH is 1. The van der Waals surface area contributed by atoms with Crippen LogP contribution in [0.15, 0.2) is 22.7 Å². The van der Waals surface area contributed by atoms with Crippen LogP contribution >= 0.6 is 0 Å². The molecule has 0 aromatic carbocycles. The lowest BCUT2D eigenvalue weighted by Crippen LogP contribution is -2.52. The highest BCUT2D eigenvalue weighted by atomic mass is 16.3. The van der Waals surface area contributed by atoms with Gasteiger partial charge in [-0.25, -0.2) is 0 Å². The molecule has 144 valence electrons. The number of hydrogen-bond donors (Lipinski definition) is 1. The zero-order valence-electron chi connectivity index (χ0n) is 16.3. The van der Waals surface area contributed by atoms with Gasteiger partial charge in [0.05, 0.1) is 12.7 Å². The third-order valence-corrected chi connectivity index (χ3v) is 5.34. The van der Waals surface area contributed by atoms with Crippen LogP contribution in [0, 0.1) is 13.8 Å². The normalized spacial score (nSPS) is 19.3. The molecule has 3 heterocycles. The molecule has 6 heteroatoms. The number of rotatable bonds is 8. The van der Waals surface area contributed by atoms with Crippen molar-refractivity contribution in [2.24, 2.45) is 0 Å². The SMILES string of the molecule is CCCn1ncc(CN2CCN(Cc3ccc(C)o3)[C@@H](CCO)C2)c1C. The zero-order chi connectivity index (χ0) is 18.5. The second-order valence-corrected chi connectivity index (χ2v) is 7.36. The van der Waals surface area contributed by atoms with E-state index in [1.54, 1.807) is 0 Å². The minimum Gasteiger partial charge on any atom is -0.465 e. The molecule has 0 radical (unpaired) electrons. The molecule has 0 saturated carbocycles. The second-order valence-electron chi connectivity index (χ2n) is 7.36. The van der Waals surface area contributed by atoms with Crippen LogP contribution in [0.5, 0.6) is 0 Å². The number of piperazine rings is 1. The molecule has 1 atom stereocenters. The van der Waals surface area contributed by atoms with E-state index < -0.39 is 0 Å². The fourth-order valence-electron chi connectivity index (χ4n) is 3.82. The molecule has 0 spiro atoms. The van der Waals surface area contributed by atoms with Gasteiger partial charge in [-0.1, -0.05) is 6.92 Å². The van der Waals surface area contributed by atoms with Gasteiger partial charge in [-0.05, 0) is 38.8 Å². The molecule has 26 heavy (non-hydrogen) atoms. The molecule has 3 rings (SSSR count). The maximum atomic E-state index is 9.51. The van der Waals surface area contributed by atoms with E-state index in [0.717, 1.165) is 63.6 Å². The third kappa shape index (κ3) is 4.55. The topological polar surface area (TPSA) is 57.7 Å². The molecule has 1 aliphatic rings. The molecular weight excluding hydrogens is 328 g/mol. The highest BCUT2D eigenvalue weighted by Gasteiger charge is 2.27. The summed E-state index contributed by atoms with van der Waals surface area (Å²) in [6, 6.07) is 4.43. The van der Waals surface area contributed by atoms with Crippen molar-refractivity contribution in [1.29, 1.82) is 0 Å². The standard InChI is InChI=1S/C20H32N4O2/c1-4-8-24-17(3)18(12-21-24)13-22-9-10-23(19(14-22)7-11-25)15-20-6-5-16(2)26-20/h5-6,12,19,25H,4,7-11,13-15H2,1-3H3/t19-/m0/s1. The molecule has 2 aromatic rings. The van der Waals surface area contributed by atoms with Crippen LogP contribution in [0.4, 0.5) is 0 Å². The predicted octanol–water partition coefficient (Wildman–Crippen LogP) is 2.57. The van der Waals surface area contributed by atoms with Gasteiger partial charge < -0.3 is 9.52 Å². The van der Waals surface area contributed by atoms with Gasteiger partial charge in [0.1, 0.15) is 11.5 Å². The lowest BCUT2D eigenvalue weighted by molar-refractivity contribution is 0.0453. The molecule has 2 aromatic heterocycles. The summed E-state index contributed by atoms with van der Waals surface area (Å²) >= 11 is 0. The van der Waals surface area contributed by atoms with E-state index in [1.165, 1.54) is 11.3 Å². The van der Waals surface area contributed by atoms with Crippen molar-refractivity contribution >= 4 is 0 Å². The molecule has 6 nitrogen and oxygen atoms in total. The van der Waals surface area contributed by atoms with Crippen molar-refractivity contribution in [1.82, 2.24) is 19.6 Å². The number of aromatic nitrogens is 2. The Morgan fingerprint density at radius 1 is 1.23 bits per heavy atom. The number of furan rings is 1. The Balaban J connectivity index is 1.61. The first-order valence-electron chi connectivity index (χ1n) is 9.74. The summed E-state index contributed by atoms with van der Waals surface area (Å²) in [4.78, 5) is 4.93. The minimum atomic E-state index is 0.222. The Labute approximate surface area is 156 Å². The van der Waals surface area contributed by atoms with Crippen LogP contribution in [0.3, 0.4) is 0 Å². The van der Waals surface area contributed by atoms with E-state index in [2.05, 4.69) is 39.5 Å². The van der Waals surface area contributed by atoms with Gasteiger partial charge in [-0.2, -0.15) is 5.10 Å². The van der Waals surface area contributed by atoms with Crippen LogP contribution < -0.4 is 0 Å². The molecule has 1 fully saturated rings. The van der Waals surface area contributed by atoms with Gasteiger partial charge in [-0.3, -0.25) is 14.5 Å². The summed E-state index contributed by atoms with van der Waals surface area (Å²) in [6.45, 7) is 12.3. The van der Waals surface area contributed by atoms with Gasteiger partial charge in [0.15, 0.2) is 0 Å². The van der Waals surface area contributed by atoms with E-state index in [-0.39, 0.29) is 6.61 Å². The third-order valence-electron chi connectivity index (χ3n) is 5.34. The predicted molar refractivity (Wildman–Crippen MR) is 102 cm³/mol. The minimum absolute atomic E-state index is 0.222. The van der Waals surface area contributed by atoms with Gasteiger partial charge in [0.25, 0.3) is 0 Å². The number of hydrogen-bond acceptors (Lipinski definition) is 5. The molecule has 0 amide bonds. The average molecular weight is 361 g/mol. The van der Waals surface area contributed by atoms with Crippen LogP contribution in [-0.2, 0) is 19.6 Å². The Hall–Kier alpha value is -1.63. The van der Waals surface area contributed by atoms with E-state index in [4.69, 9.17) is 4.42 Å². The lowest BCUT2D eigenvalue weighted by atomic mass is 10.1. The number of aryl methyl sites for hydroxylation is 2. The van der Waals surface area contributed by atoms with Crippen LogP contribution in [0.2, 0.25) is 0 Å². The highest BCUT2D eigenvalue weighted by molar-refractivity contribution is 5.16. The maximum absolute atomic E-state index is 9.51. The summed E-state index contributed by atoms with van der Waals surface area (Å²) in [5.74, 6) is 1.97. The van der Waals surface area contributed by atoms with Gasteiger partial charge in [-0.15, -0.1) is 0 Å². The molecule has 0 unspecified atom stereocenters. The molecule has 0 aliphatic carbocycles. The molecule has 1 N–H and O–H groups in total. The Kier molecular flexibility index (Phi) is 6.51. The maximum Gasteiger partial charge on any atom is 0.118 e. The highest BCUT2D eigenvalue weighted by Crippen LogP contribution is 2.20. The van der Waals surface area contributed by atoms with Crippen molar-refractivity contribution in [3.63, 3.8) is 0 Å². The fourth-order valence-corrected chi connectivity index (χ4v) is 3.82. The first kappa shape index (κ1) is 19.1. The first-order valence-corrected chi connectivity index (χ1v) is 9.74. The summed E-state index contributed by atoms with van der Waals surface area (Å²) < 4.78 is 7.86. The fraction of sp³-hybridized carbons (Fsp3) is 0.650. The number of nitrogens with zero attached hydrogens (tertiary/aromatic N) is 4. The molecule has 1 aliphatic heterocycles. The van der Waals surface area contributed by atoms with E-state index in [1.807, 2.05) is 19.2 Å². The molecule has 0 bridgehead atoms. The smallest absolute Gasteiger partial charge is 0.118 e. The Bertz CT molecular complexity index is 694. The van der Waals surface area contributed by atoms with Crippen molar-refractivity contribution in [2.75, 3.05) is 26.2 Å². The average Bonchev–Trinajstić information content (AvgIpc) is 3.18. The van der Waals surface area contributed by atoms with Crippen molar-refractivity contribution < 1.29 is 9.52 Å². The van der Waals surface area contributed by atoms with E-state index >= 15 is 0 Å². The van der Waals surface area contributed by atoms with Crippen LogP contribution in [-0.4, -0.2) is 57.0 Å². The second kappa shape index (κ2) is 8.84. The van der Waals surface area contributed by atoms with Gasteiger partial charge in [0.2, 0.25) is 0 Å². The van der Waals surface area contributed by atoms with Crippen molar-refractivity contribution in [3.05, 3.63) is 41.1 Å². The molecule has 1 saturated heterocycles. The summed E-state index contributed by atoms with van der Waals surface area (Å²) in [7, 11) is 0. The van der Waals surface area contributed by atoms with E-state index in [9.17, 15) is 5.11 Å². The first-order chi connectivity index (χ1) is 12.6. The zero-order valence-corrected chi connectivity index (χ0v) is 16.3. The molecular formula is C20H32N4O2. The monoisotopic (exact) mass is 360 g/mol.